The summed E-state index contributed by atoms with van der Waals surface area (Å²) in [5.41, 5.74) is 0. The third kappa shape index (κ3) is 5.53. The second-order valence-electron chi connectivity index (χ2n) is 4.71. The van der Waals surface area contributed by atoms with Gasteiger partial charge in [-0.2, -0.15) is 0 Å². The lowest BCUT2D eigenvalue weighted by atomic mass is 10.1. The topological polar surface area (TPSA) is 21.3 Å². The van der Waals surface area contributed by atoms with Crippen LogP contribution >= 0.6 is 0 Å². The molecule has 0 aromatic carbocycles. The molecule has 0 aliphatic carbocycles. The maximum absolute atomic E-state index is 5.65. The van der Waals surface area contributed by atoms with Crippen LogP contribution in [0.5, 0.6) is 0 Å². The number of hydrogen-bond acceptors (Lipinski definition) is 2. The van der Waals surface area contributed by atoms with Crippen LogP contribution in [0.25, 0.3) is 0 Å². The van der Waals surface area contributed by atoms with Crippen LogP contribution in [0.2, 0.25) is 0 Å². The minimum Gasteiger partial charge on any atom is -0.377 e. The fourth-order valence-electron chi connectivity index (χ4n) is 2.19. The zero-order valence-corrected chi connectivity index (χ0v) is 10.4. The van der Waals surface area contributed by atoms with Crippen molar-refractivity contribution in [2.45, 2.75) is 70.9 Å². The van der Waals surface area contributed by atoms with Crippen LogP contribution in [-0.4, -0.2) is 25.3 Å². The fourth-order valence-corrected chi connectivity index (χ4v) is 2.19. The van der Waals surface area contributed by atoms with E-state index in [2.05, 4.69) is 19.2 Å². The number of ether oxygens (including phenoxy) is 1. The Bertz CT molecular complexity index is 143. The standard InChI is InChI=1S/C13H27NO/c1-3-4-5-6-7-10-14-12(2)13-9-8-11-15-13/h12-14H,3-11H2,1-2H3. The molecular weight excluding hydrogens is 186 g/mol. The normalized spacial score (nSPS) is 23.2. The van der Waals surface area contributed by atoms with Crippen LogP contribution in [0, 0.1) is 0 Å². The maximum Gasteiger partial charge on any atom is 0.0726 e. The van der Waals surface area contributed by atoms with Crippen molar-refractivity contribution in [3.63, 3.8) is 0 Å². The molecule has 1 rings (SSSR count). The van der Waals surface area contributed by atoms with Crippen LogP contribution in [0.15, 0.2) is 0 Å². The lowest BCUT2D eigenvalue weighted by Gasteiger charge is -2.19. The van der Waals surface area contributed by atoms with Gasteiger partial charge in [0, 0.05) is 12.6 Å². The van der Waals surface area contributed by atoms with Crippen molar-refractivity contribution < 1.29 is 4.74 Å². The summed E-state index contributed by atoms with van der Waals surface area (Å²) >= 11 is 0. The number of nitrogens with one attached hydrogen (secondary N) is 1. The molecule has 90 valence electrons. The van der Waals surface area contributed by atoms with E-state index < -0.39 is 0 Å². The first-order chi connectivity index (χ1) is 7.34. The van der Waals surface area contributed by atoms with Gasteiger partial charge in [0.25, 0.3) is 0 Å². The average molecular weight is 213 g/mol. The molecule has 2 atom stereocenters. The maximum atomic E-state index is 5.65. The second-order valence-corrected chi connectivity index (χ2v) is 4.71. The first-order valence-electron chi connectivity index (χ1n) is 6.69. The van der Waals surface area contributed by atoms with Gasteiger partial charge in [0.05, 0.1) is 6.10 Å². The highest BCUT2D eigenvalue weighted by molar-refractivity contribution is 4.76. The van der Waals surface area contributed by atoms with Crippen LogP contribution in [-0.2, 0) is 4.74 Å². The molecule has 1 N–H and O–H groups in total. The summed E-state index contributed by atoms with van der Waals surface area (Å²) in [6, 6.07) is 0.540. The molecule has 15 heavy (non-hydrogen) atoms. The summed E-state index contributed by atoms with van der Waals surface area (Å²) < 4.78 is 5.65. The first-order valence-corrected chi connectivity index (χ1v) is 6.69. The Kier molecular flexibility index (Phi) is 7.03. The monoisotopic (exact) mass is 213 g/mol. The van der Waals surface area contributed by atoms with Gasteiger partial charge in [0.15, 0.2) is 0 Å². The third-order valence-corrected chi connectivity index (χ3v) is 3.27. The quantitative estimate of drug-likeness (QED) is 0.626. The Hall–Kier alpha value is -0.0800. The van der Waals surface area contributed by atoms with E-state index in [1.807, 2.05) is 0 Å². The molecule has 1 fully saturated rings. The van der Waals surface area contributed by atoms with E-state index in [-0.39, 0.29) is 0 Å². The van der Waals surface area contributed by atoms with E-state index in [9.17, 15) is 0 Å². The molecule has 2 unspecified atom stereocenters. The van der Waals surface area contributed by atoms with Gasteiger partial charge in [0.1, 0.15) is 0 Å². The van der Waals surface area contributed by atoms with Crippen LogP contribution in [0.1, 0.15) is 58.8 Å². The second kappa shape index (κ2) is 8.12. The van der Waals surface area contributed by atoms with E-state index in [0.29, 0.717) is 12.1 Å². The van der Waals surface area contributed by atoms with Crippen molar-refractivity contribution in [1.82, 2.24) is 5.32 Å². The zero-order valence-electron chi connectivity index (χ0n) is 10.4. The minimum absolute atomic E-state index is 0.473. The molecule has 1 heterocycles. The summed E-state index contributed by atoms with van der Waals surface area (Å²) in [4.78, 5) is 0. The van der Waals surface area contributed by atoms with E-state index >= 15 is 0 Å². The molecule has 0 spiro atoms. The van der Waals surface area contributed by atoms with E-state index in [1.54, 1.807) is 0 Å². The van der Waals surface area contributed by atoms with Crippen LogP contribution in [0.4, 0.5) is 0 Å². The highest BCUT2D eigenvalue weighted by atomic mass is 16.5. The van der Waals surface area contributed by atoms with Crippen molar-refractivity contribution in [2.75, 3.05) is 13.2 Å². The molecule has 2 nitrogen and oxygen atoms in total. The van der Waals surface area contributed by atoms with Gasteiger partial charge in [-0.05, 0) is 32.7 Å². The predicted octanol–water partition coefficient (Wildman–Crippen LogP) is 3.11. The van der Waals surface area contributed by atoms with Gasteiger partial charge in [-0.25, -0.2) is 0 Å². The molecule has 2 heteroatoms. The number of hydrogen-bond donors (Lipinski definition) is 1. The van der Waals surface area contributed by atoms with Crippen LogP contribution in [0.3, 0.4) is 0 Å². The molecule has 1 saturated heterocycles. The SMILES string of the molecule is CCCCCCCNC(C)C1CCCO1. The molecule has 1 aliphatic rings. The van der Waals surface area contributed by atoms with Crippen molar-refractivity contribution in [1.29, 1.82) is 0 Å². The van der Waals surface area contributed by atoms with E-state index in [0.717, 1.165) is 13.2 Å². The Morgan fingerprint density at radius 2 is 2.07 bits per heavy atom. The summed E-state index contributed by atoms with van der Waals surface area (Å²) in [5.74, 6) is 0. The van der Waals surface area contributed by atoms with Gasteiger partial charge < -0.3 is 10.1 Å². The molecule has 0 aromatic rings. The van der Waals surface area contributed by atoms with E-state index in [1.165, 1.54) is 44.9 Å². The summed E-state index contributed by atoms with van der Waals surface area (Å²) in [5, 5.41) is 3.58. The lowest BCUT2D eigenvalue weighted by molar-refractivity contribution is 0.0836. The summed E-state index contributed by atoms with van der Waals surface area (Å²) in [7, 11) is 0. The van der Waals surface area contributed by atoms with Gasteiger partial charge in [-0.3, -0.25) is 0 Å². The molecule has 1 aliphatic heterocycles. The smallest absolute Gasteiger partial charge is 0.0726 e. The highest BCUT2D eigenvalue weighted by Gasteiger charge is 2.21. The van der Waals surface area contributed by atoms with Crippen molar-refractivity contribution in [3.05, 3.63) is 0 Å². The van der Waals surface area contributed by atoms with Crippen molar-refractivity contribution >= 4 is 0 Å². The predicted molar refractivity (Wildman–Crippen MR) is 65.2 cm³/mol. The third-order valence-electron chi connectivity index (χ3n) is 3.27. The Balaban J connectivity index is 1.90. The molecule has 0 bridgehead atoms. The average Bonchev–Trinajstić information content (AvgIpc) is 2.76. The molecular formula is C13H27NO. The fraction of sp³-hybridized carbons (Fsp3) is 1.00. The Morgan fingerprint density at radius 3 is 2.73 bits per heavy atom. The van der Waals surface area contributed by atoms with Crippen molar-refractivity contribution in [3.8, 4) is 0 Å². The number of unbranched alkanes of at least 4 members (excludes halogenated alkanes) is 4. The Labute approximate surface area is 94.8 Å². The van der Waals surface area contributed by atoms with Crippen molar-refractivity contribution in [2.24, 2.45) is 0 Å². The highest BCUT2D eigenvalue weighted by Crippen LogP contribution is 2.15. The molecule has 0 aromatic heterocycles. The Morgan fingerprint density at radius 1 is 1.27 bits per heavy atom. The summed E-state index contributed by atoms with van der Waals surface area (Å²) in [6.07, 6.45) is 9.77. The molecule has 0 radical (unpaired) electrons. The number of rotatable bonds is 8. The molecule has 0 saturated carbocycles. The first kappa shape index (κ1) is 13.0. The van der Waals surface area contributed by atoms with Gasteiger partial charge >= 0.3 is 0 Å². The minimum atomic E-state index is 0.473. The summed E-state index contributed by atoms with van der Waals surface area (Å²) in [6.45, 7) is 6.64. The molecule has 0 amide bonds. The van der Waals surface area contributed by atoms with Gasteiger partial charge in [0.2, 0.25) is 0 Å². The van der Waals surface area contributed by atoms with E-state index in [4.69, 9.17) is 4.74 Å². The van der Waals surface area contributed by atoms with Crippen LogP contribution < -0.4 is 5.32 Å². The van der Waals surface area contributed by atoms with Gasteiger partial charge in [-0.1, -0.05) is 32.6 Å². The lowest BCUT2D eigenvalue weighted by Crippen LogP contribution is -2.37. The van der Waals surface area contributed by atoms with Gasteiger partial charge in [-0.15, -0.1) is 0 Å². The largest absolute Gasteiger partial charge is 0.377 e. The zero-order chi connectivity index (χ0) is 10.9.